The van der Waals surface area contributed by atoms with E-state index in [4.69, 9.17) is 0 Å². The molecular formula is C13H11BrF2N4. The minimum atomic E-state index is -2.41. The number of fused-ring (bicyclic) bond motifs is 1. The average molecular weight is 341 g/mol. The number of hydrogen-bond donors (Lipinski definition) is 0. The summed E-state index contributed by atoms with van der Waals surface area (Å²) in [5.41, 5.74) is 2.45. The molecular weight excluding hydrogens is 330 g/mol. The van der Waals surface area contributed by atoms with Gasteiger partial charge in [-0.1, -0.05) is 0 Å². The van der Waals surface area contributed by atoms with E-state index in [1.807, 2.05) is 19.3 Å². The number of pyridine rings is 1. The molecule has 4 nitrogen and oxygen atoms in total. The van der Waals surface area contributed by atoms with Gasteiger partial charge in [0.15, 0.2) is 0 Å². The number of hydrogen-bond acceptors (Lipinski definition) is 2. The van der Waals surface area contributed by atoms with Crippen molar-refractivity contribution in [3.8, 4) is 11.1 Å². The van der Waals surface area contributed by atoms with E-state index in [1.165, 1.54) is 4.57 Å². The van der Waals surface area contributed by atoms with Crippen LogP contribution in [0.2, 0.25) is 0 Å². The molecule has 3 aromatic rings. The Balaban J connectivity index is 2.23. The predicted molar refractivity (Wildman–Crippen MR) is 75.6 cm³/mol. The summed E-state index contributed by atoms with van der Waals surface area (Å²) in [7, 11) is 1.82. The van der Waals surface area contributed by atoms with Crippen LogP contribution in [0.5, 0.6) is 0 Å². The summed E-state index contributed by atoms with van der Waals surface area (Å²) >= 11 is 3.32. The first kappa shape index (κ1) is 13.2. The zero-order chi connectivity index (χ0) is 14.3. The Morgan fingerprint density at radius 1 is 1.30 bits per heavy atom. The number of aryl methyl sites for hydroxylation is 1. The third-order valence-corrected chi connectivity index (χ3v) is 3.52. The third-order valence-electron chi connectivity index (χ3n) is 3.08. The van der Waals surface area contributed by atoms with Crippen molar-refractivity contribution < 1.29 is 8.78 Å². The first-order valence-corrected chi connectivity index (χ1v) is 6.75. The van der Waals surface area contributed by atoms with E-state index >= 15 is 0 Å². The number of nitrogens with zero attached hydrogens (tertiary/aromatic N) is 4. The Morgan fingerprint density at radius 2 is 2.10 bits per heavy atom. The smallest absolute Gasteiger partial charge is 0.256 e. The maximum Gasteiger partial charge on any atom is 0.256 e. The van der Waals surface area contributed by atoms with Crippen molar-refractivity contribution in [1.82, 2.24) is 19.3 Å². The Hall–Kier alpha value is -1.76. The molecule has 0 fully saturated rings. The van der Waals surface area contributed by atoms with Crippen molar-refractivity contribution in [2.24, 2.45) is 7.05 Å². The Labute approximate surface area is 122 Å². The van der Waals surface area contributed by atoms with Crippen LogP contribution < -0.4 is 0 Å². The van der Waals surface area contributed by atoms with Gasteiger partial charge in [0.05, 0.1) is 24.5 Å². The van der Waals surface area contributed by atoms with Gasteiger partial charge in [-0.2, -0.15) is 5.10 Å². The largest absolute Gasteiger partial charge is 0.340 e. The lowest BCUT2D eigenvalue weighted by Gasteiger charge is -2.03. The molecule has 0 aliphatic carbocycles. The molecule has 3 aromatic heterocycles. The second-order valence-electron chi connectivity index (χ2n) is 4.51. The van der Waals surface area contributed by atoms with Crippen LogP contribution in [0.4, 0.5) is 8.78 Å². The standard InChI is InChI=1S/C13H11BrF2N4/c1-19-5-8(3-18-19)10-6-20(7-13(15)16)11-4-17-12(14)2-9(10)11/h2-6,13H,7H2,1H3. The first-order valence-electron chi connectivity index (χ1n) is 5.96. The summed E-state index contributed by atoms with van der Waals surface area (Å²) in [5, 5.41) is 5.00. The lowest BCUT2D eigenvalue weighted by atomic mass is 10.1. The van der Waals surface area contributed by atoms with Crippen LogP contribution in [0.3, 0.4) is 0 Å². The van der Waals surface area contributed by atoms with Gasteiger partial charge in [-0.15, -0.1) is 0 Å². The van der Waals surface area contributed by atoms with Crippen molar-refractivity contribution in [3.05, 3.63) is 35.5 Å². The van der Waals surface area contributed by atoms with Gasteiger partial charge in [-0.05, 0) is 22.0 Å². The molecule has 0 aliphatic heterocycles. The normalized spacial score (nSPS) is 11.7. The zero-order valence-electron chi connectivity index (χ0n) is 10.6. The molecule has 0 amide bonds. The van der Waals surface area contributed by atoms with Crippen LogP contribution in [0, 0.1) is 0 Å². The van der Waals surface area contributed by atoms with E-state index in [2.05, 4.69) is 26.0 Å². The number of aromatic nitrogens is 4. The molecule has 0 aromatic carbocycles. The summed E-state index contributed by atoms with van der Waals surface area (Å²) in [4.78, 5) is 4.12. The molecule has 3 heterocycles. The van der Waals surface area contributed by atoms with Crippen LogP contribution in [0.15, 0.2) is 35.5 Å². The van der Waals surface area contributed by atoms with Crippen molar-refractivity contribution >= 4 is 26.8 Å². The molecule has 0 aliphatic rings. The minimum absolute atomic E-state index is 0.347. The van der Waals surface area contributed by atoms with Gasteiger partial charge in [0.25, 0.3) is 6.43 Å². The molecule has 3 rings (SSSR count). The van der Waals surface area contributed by atoms with Crippen LogP contribution in [-0.2, 0) is 13.6 Å². The summed E-state index contributed by atoms with van der Waals surface area (Å²) in [5.74, 6) is 0. The monoisotopic (exact) mass is 340 g/mol. The topological polar surface area (TPSA) is 35.6 Å². The number of halogens is 3. The van der Waals surface area contributed by atoms with Crippen molar-refractivity contribution in [1.29, 1.82) is 0 Å². The molecule has 0 radical (unpaired) electrons. The summed E-state index contributed by atoms with van der Waals surface area (Å²) in [6.45, 7) is -0.347. The maximum atomic E-state index is 12.7. The van der Waals surface area contributed by atoms with E-state index in [0.717, 1.165) is 16.5 Å². The van der Waals surface area contributed by atoms with Crippen LogP contribution in [-0.4, -0.2) is 25.8 Å². The van der Waals surface area contributed by atoms with Crippen LogP contribution >= 0.6 is 15.9 Å². The van der Waals surface area contributed by atoms with E-state index in [0.29, 0.717) is 10.1 Å². The summed E-state index contributed by atoms with van der Waals surface area (Å²) in [6, 6.07) is 1.83. The zero-order valence-corrected chi connectivity index (χ0v) is 12.2. The molecule has 0 spiro atoms. The lowest BCUT2D eigenvalue weighted by molar-refractivity contribution is 0.128. The molecule has 0 saturated heterocycles. The molecule has 7 heteroatoms. The van der Waals surface area contributed by atoms with Gasteiger partial charge < -0.3 is 4.57 Å². The lowest BCUT2D eigenvalue weighted by Crippen LogP contribution is -2.04. The Morgan fingerprint density at radius 3 is 2.75 bits per heavy atom. The van der Waals surface area contributed by atoms with Gasteiger partial charge in [-0.3, -0.25) is 4.68 Å². The fraction of sp³-hybridized carbons (Fsp3) is 0.231. The highest BCUT2D eigenvalue weighted by molar-refractivity contribution is 9.10. The molecule has 20 heavy (non-hydrogen) atoms. The van der Waals surface area contributed by atoms with E-state index in [9.17, 15) is 8.78 Å². The fourth-order valence-corrected chi connectivity index (χ4v) is 2.58. The minimum Gasteiger partial charge on any atom is -0.340 e. The third kappa shape index (κ3) is 2.33. The second-order valence-corrected chi connectivity index (χ2v) is 5.33. The fourth-order valence-electron chi connectivity index (χ4n) is 2.25. The SMILES string of the molecule is Cn1cc(-c2cn(CC(F)F)c3cnc(Br)cc23)cn1. The number of rotatable bonds is 3. The van der Waals surface area contributed by atoms with Crippen LogP contribution in [0.25, 0.3) is 22.0 Å². The molecule has 0 saturated carbocycles. The highest BCUT2D eigenvalue weighted by Gasteiger charge is 2.15. The van der Waals surface area contributed by atoms with E-state index in [-0.39, 0.29) is 6.54 Å². The quantitative estimate of drug-likeness (QED) is 0.684. The van der Waals surface area contributed by atoms with Gasteiger partial charge in [0.2, 0.25) is 0 Å². The van der Waals surface area contributed by atoms with Gasteiger partial charge in [0, 0.05) is 36.0 Å². The Bertz CT molecular complexity index is 763. The first-order chi connectivity index (χ1) is 9.54. The molecule has 0 bridgehead atoms. The van der Waals surface area contributed by atoms with Gasteiger partial charge in [0.1, 0.15) is 4.60 Å². The maximum absolute atomic E-state index is 12.7. The predicted octanol–water partition coefficient (Wildman–Crippen LogP) is 3.46. The number of alkyl halides is 2. The van der Waals surface area contributed by atoms with Crippen molar-refractivity contribution in [2.75, 3.05) is 0 Å². The van der Waals surface area contributed by atoms with Crippen molar-refractivity contribution in [3.63, 3.8) is 0 Å². The average Bonchev–Trinajstić information content (AvgIpc) is 2.93. The van der Waals surface area contributed by atoms with E-state index < -0.39 is 6.43 Å². The molecule has 0 atom stereocenters. The molecule has 104 valence electrons. The molecule has 0 N–H and O–H groups in total. The van der Waals surface area contributed by atoms with E-state index in [1.54, 1.807) is 23.3 Å². The highest BCUT2D eigenvalue weighted by atomic mass is 79.9. The highest BCUT2D eigenvalue weighted by Crippen LogP contribution is 2.31. The van der Waals surface area contributed by atoms with Crippen molar-refractivity contribution in [2.45, 2.75) is 13.0 Å². The summed E-state index contributed by atoms with van der Waals surface area (Å²) in [6.07, 6.45) is 4.49. The second kappa shape index (κ2) is 4.97. The molecule has 0 unspecified atom stereocenters. The van der Waals surface area contributed by atoms with Gasteiger partial charge in [-0.25, -0.2) is 13.8 Å². The Kier molecular flexibility index (Phi) is 3.29. The van der Waals surface area contributed by atoms with Crippen LogP contribution in [0.1, 0.15) is 0 Å². The van der Waals surface area contributed by atoms with Gasteiger partial charge >= 0.3 is 0 Å². The summed E-state index contributed by atoms with van der Waals surface area (Å²) < 4.78 is 29.2.